The first-order valence-corrected chi connectivity index (χ1v) is 4.25. The van der Waals surface area contributed by atoms with Crippen LogP contribution in [-0.2, 0) is 6.04 Å². The number of aromatic nitrogens is 1. The van der Waals surface area contributed by atoms with Gasteiger partial charge in [0.25, 0.3) is 0 Å². The third-order valence-electron chi connectivity index (χ3n) is 1.09. The standard InChI is InChI=1S/C6H9NSi/c8-5-6-3-1-2-4-7-6/h1-4H,5H2,8H3. The molecule has 0 N–H and O–H groups in total. The van der Waals surface area contributed by atoms with Crippen LogP contribution in [0.3, 0.4) is 0 Å². The predicted molar refractivity (Wildman–Crippen MR) is 37.9 cm³/mol. The maximum Gasteiger partial charge on any atom is 0.0368 e. The van der Waals surface area contributed by atoms with E-state index < -0.39 is 0 Å². The fourth-order valence-electron chi connectivity index (χ4n) is 0.607. The van der Waals surface area contributed by atoms with Crippen LogP contribution in [0.2, 0.25) is 0 Å². The van der Waals surface area contributed by atoms with Crippen LogP contribution < -0.4 is 0 Å². The van der Waals surface area contributed by atoms with E-state index in [1.807, 2.05) is 18.3 Å². The summed E-state index contributed by atoms with van der Waals surface area (Å²) in [7, 11) is 1.21. The number of hydrogen-bond donors (Lipinski definition) is 0. The third-order valence-corrected chi connectivity index (χ3v) is 1.81. The van der Waals surface area contributed by atoms with Gasteiger partial charge in [-0.25, -0.2) is 0 Å². The van der Waals surface area contributed by atoms with Crippen molar-refractivity contribution in [2.45, 2.75) is 6.04 Å². The summed E-state index contributed by atoms with van der Waals surface area (Å²) in [5.41, 5.74) is 1.22. The lowest BCUT2D eigenvalue weighted by Crippen LogP contribution is -1.85. The fraction of sp³-hybridized carbons (Fsp3) is 0.167. The fourth-order valence-corrected chi connectivity index (χ4v) is 1.03. The topological polar surface area (TPSA) is 12.9 Å². The van der Waals surface area contributed by atoms with Crippen LogP contribution >= 0.6 is 0 Å². The normalized spacial score (nSPS) is 9.50. The van der Waals surface area contributed by atoms with Gasteiger partial charge in [0, 0.05) is 22.1 Å². The zero-order valence-corrected chi connectivity index (χ0v) is 6.96. The smallest absolute Gasteiger partial charge is 0.0368 e. The average Bonchev–Trinajstić information content (AvgIpc) is 1.90. The van der Waals surface area contributed by atoms with Crippen molar-refractivity contribution in [1.82, 2.24) is 4.98 Å². The third kappa shape index (κ3) is 1.17. The first-order valence-electron chi connectivity index (χ1n) is 2.83. The van der Waals surface area contributed by atoms with Gasteiger partial charge in [-0.1, -0.05) is 6.07 Å². The summed E-state index contributed by atoms with van der Waals surface area (Å²) in [6.45, 7) is 0. The van der Waals surface area contributed by atoms with Crippen molar-refractivity contribution in [3.8, 4) is 0 Å². The molecule has 0 radical (unpaired) electrons. The average molecular weight is 123 g/mol. The molecule has 1 nitrogen and oxygen atoms in total. The van der Waals surface area contributed by atoms with Gasteiger partial charge in [-0.2, -0.15) is 0 Å². The molecule has 0 unspecified atom stereocenters. The Labute approximate surface area is 52.2 Å². The van der Waals surface area contributed by atoms with E-state index in [9.17, 15) is 0 Å². The summed E-state index contributed by atoms with van der Waals surface area (Å²) in [5, 5.41) is 0. The van der Waals surface area contributed by atoms with E-state index in [1.165, 1.54) is 22.0 Å². The molecule has 1 aromatic heterocycles. The zero-order chi connectivity index (χ0) is 5.82. The van der Waals surface area contributed by atoms with E-state index in [1.54, 1.807) is 0 Å². The molecular formula is C6H9NSi. The number of nitrogens with zero attached hydrogens (tertiary/aromatic N) is 1. The SMILES string of the molecule is [SiH3]Cc1ccccn1. The second-order valence-corrected chi connectivity index (χ2v) is 2.38. The summed E-state index contributed by atoms with van der Waals surface area (Å²) in [4.78, 5) is 4.13. The molecule has 0 atom stereocenters. The minimum absolute atomic E-state index is 1.17. The van der Waals surface area contributed by atoms with Gasteiger partial charge in [0.1, 0.15) is 0 Å². The molecule has 0 aliphatic rings. The zero-order valence-electron chi connectivity index (χ0n) is 4.96. The summed E-state index contributed by atoms with van der Waals surface area (Å²) >= 11 is 0. The Morgan fingerprint density at radius 1 is 1.50 bits per heavy atom. The molecule has 0 bridgehead atoms. The molecule has 0 spiro atoms. The molecule has 2 heteroatoms. The highest BCUT2D eigenvalue weighted by molar-refractivity contribution is 6.08. The van der Waals surface area contributed by atoms with Crippen LogP contribution in [0.5, 0.6) is 0 Å². The van der Waals surface area contributed by atoms with Gasteiger partial charge in [0.05, 0.1) is 0 Å². The van der Waals surface area contributed by atoms with E-state index in [0.717, 1.165) is 0 Å². The van der Waals surface area contributed by atoms with Crippen LogP contribution in [0.4, 0.5) is 0 Å². The first kappa shape index (κ1) is 5.50. The maximum absolute atomic E-state index is 4.13. The lowest BCUT2D eigenvalue weighted by atomic mass is 10.4. The molecule has 0 aromatic carbocycles. The molecule has 0 fully saturated rings. The minimum Gasteiger partial charge on any atom is -0.262 e. The van der Waals surface area contributed by atoms with Gasteiger partial charge in [-0.3, -0.25) is 4.98 Å². The molecule has 0 saturated heterocycles. The van der Waals surface area contributed by atoms with Crippen molar-refractivity contribution in [3.63, 3.8) is 0 Å². The Morgan fingerprint density at radius 3 is 2.75 bits per heavy atom. The Morgan fingerprint density at radius 2 is 2.38 bits per heavy atom. The van der Waals surface area contributed by atoms with Gasteiger partial charge in [-0.05, 0) is 18.2 Å². The molecule has 1 heterocycles. The van der Waals surface area contributed by atoms with Crippen LogP contribution in [0, 0.1) is 0 Å². The number of pyridine rings is 1. The van der Waals surface area contributed by atoms with Gasteiger partial charge in [0.2, 0.25) is 0 Å². The highest BCUT2D eigenvalue weighted by atomic mass is 28.1. The summed E-state index contributed by atoms with van der Waals surface area (Å²) in [5.74, 6) is 0. The van der Waals surface area contributed by atoms with Gasteiger partial charge >= 0.3 is 0 Å². The Balaban J connectivity index is 2.83. The molecule has 1 aromatic rings. The largest absolute Gasteiger partial charge is 0.262 e. The van der Waals surface area contributed by atoms with E-state index in [2.05, 4.69) is 11.1 Å². The van der Waals surface area contributed by atoms with Gasteiger partial charge in [-0.15, -0.1) is 0 Å². The van der Waals surface area contributed by atoms with Crippen LogP contribution in [0.25, 0.3) is 0 Å². The van der Waals surface area contributed by atoms with Crippen LogP contribution in [0.15, 0.2) is 24.4 Å². The molecule has 0 amide bonds. The predicted octanol–water partition coefficient (Wildman–Crippen LogP) is -0.0530. The Hall–Kier alpha value is -0.633. The molecule has 0 aliphatic heterocycles. The van der Waals surface area contributed by atoms with Gasteiger partial charge < -0.3 is 0 Å². The quantitative estimate of drug-likeness (QED) is 0.477. The lowest BCUT2D eigenvalue weighted by molar-refractivity contribution is 1.17. The van der Waals surface area contributed by atoms with E-state index in [4.69, 9.17) is 0 Å². The Kier molecular flexibility index (Phi) is 1.80. The minimum atomic E-state index is 1.17. The highest BCUT2D eigenvalue weighted by Crippen LogP contribution is 1.89. The lowest BCUT2D eigenvalue weighted by Gasteiger charge is -1.88. The van der Waals surface area contributed by atoms with Crippen molar-refractivity contribution < 1.29 is 0 Å². The number of rotatable bonds is 1. The maximum atomic E-state index is 4.13. The van der Waals surface area contributed by atoms with Crippen molar-refractivity contribution in [3.05, 3.63) is 30.1 Å². The summed E-state index contributed by atoms with van der Waals surface area (Å²) in [6.07, 6.45) is 1.84. The van der Waals surface area contributed by atoms with Crippen molar-refractivity contribution in [2.75, 3.05) is 0 Å². The summed E-state index contributed by atoms with van der Waals surface area (Å²) in [6, 6.07) is 7.20. The molecule has 42 valence electrons. The van der Waals surface area contributed by atoms with E-state index in [0.29, 0.717) is 0 Å². The molecule has 0 aliphatic carbocycles. The van der Waals surface area contributed by atoms with Crippen molar-refractivity contribution >= 4 is 10.2 Å². The second-order valence-electron chi connectivity index (χ2n) is 1.67. The van der Waals surface area contributed by atoms with Crippen molar-refractivity contribution in [2.24, 2.45) is 0 Å². The van der Waals surface area contributed by atoms with Crippen LogP contribution in [-0.4, -0.2) is 15.2 Å². The van der Waals surface area contributed by atoms with Crippen molar-refractivity contribution in [1.29, 1.82) is 0 Å². The highest BCUT2D eigenvalue weighted by Gasteiger charge is 1.81. The molecule has 0 saturated carbocycles. The Bertz CT molecular complexity index is 150. The monoisotopic (exact) mass is 123 g/mol. The summed E-state index contributed by atoms with van der Waals surface area (Å²) < 4.78 is 0. The molecular weight excluding hydrogens is 114 g/mol. The van der Waals surface area contributed by atoms with Crippen LogP contribution in [0.1, 0.15) is 5.69 Å². The first-order chi connectivity index (χ1) is 3.93. The molecule has 8 heavy (non-hydrogen) atoms. The van der Waals surface area contributed by atoms with E-state index in [-0.39, 0.29) is 0 Å². The number of hydrogen-bond acceptors (Lipinski definition) is 1. The van der Waals surface area contributed by atoms with Gasteiger partial charge in [0.15, 0.2) is 0 Å². The second kappa shape index (κ2) is 2.62. The van der Waals surface area contributed by atoms with E-state index >= 15 is 0 Å². The molecule has 1 rings (SSSR count).